The first-order valence-electron chi connectivity index (χ1n) is 10.7. The molecule has 33 heavy (non-hydrogen) atoms. The van der Waals surface area contributed by atoms with Crippen LogP contribution in [0.3, 0.4) is 0 Å². The molecule has 8 nitrogen and oxygen atoms in total. The molecule has 1 N–H and O–H groups in total. The topological polar surface area (TPSA) is 81.7 Å². The van der Waals surface area contributed by atoms with Crippen LogP contribution in [0.25, 0.3) is 10.9 Å². The molecule has 2 aromatic rings. The van der Waals surface area contributed by atoms with Crippen molar-refractivity contribution < 1.29 is 22.8 Å². The lowest BCUT2D eigenvalue weighted by molar-refractivity contribution is -0.144. The van der Waals surface area contributed by atoms with Crippen LogP contribution >= 0.6 is 0 Å². The number of nitrogens with one attached hydrogen (secondary N) is 1. The van der Waals surface area contributed by atoms with Gasteiger partial charge in [-0.1, -0.05) is 12.1 Å². The summed E-state index contributed by atoms with van der Waals surface area (Å²) in [6.45, 7) is 7.84. The van der Waals surface area contributed by atoms with Crippen molar-refractivity contribution >= 4 is 28.5 Å². The van der Waals surface area contributed by atoms with E-state index in [9.17, 15) is 22.8 Å². The number of halogens is 3. The molecule has 2 amide bonds. The summed E-state index contributed by atoms with van der Waals surface area (Å²) in [7, 11) is 1.54. The molecule has 0 atom stereocenters. The summed E-state index contributed by atoms with van der Waals surface area (Å²) in [5.41, 5.74) is -0.146. The molecule has 0 saturated carbocycles. The smallest absolute Gasteiger partial charge is 0.350 e. The molecule has 1 aromatic carbocycles. The van der Waals surface area contributed by atoms with E-state index in [-0.39, 0.29) is 41.8 Å². The Morgan fingerprint density at radius 2 is 1.70 bits per heavy atom. The molecule has 2 heterocycles. The first-order chi connectivity index (χ1) is 15.3. The van der Waals surface area contributed by atoms with E-state index in [4.69, 9.17) is 0 Å². The number of rotatable bonds is 5. The van der Waals surface area contributed by atoms with Crippen molar-refractivity contribution in [3.05, 3.63) is 30.1 Å². The van der Waals surface area contributed by atoms with Crippen molar-refractivity contribution in [1.82, 2.24) is 25.1 Å². The summed E-state index contributed by atoms with van der Waals surface area (Å²) < 4.78 is 39.8. The van der Waals surface area contributed by atoms with Gasteiger partial charge in [0.2, 0.25) is 17.6 Å². The van der Waals surface area contributed by atoms with Crippen molar-refractivity contribution in [2.45, 2.75) is 32.5 Å². The molecular formula is C22H29F3N6O2. The van der Waals surface area contributed by atoms with Crippen molar-refractivity contribution in [2.75, 3.05) is 51.2 Å². The summed E-state index contributed by atoms with van der Waals surface area (Å²) in [4.78, 5) is 37.3. The minimum Gasteiger partial charge on any atom is -0.350 e. The van der Waals surface area contributed by atoms with Crippen molar-refractivity contribution in [1.29, 1.82) is 0 Å². The third-order valence-electron chi connectivity index (χ3n) is 5.18. The van der Waals surface area contributed by atoms with Crippen LogP contribution in [0.2, 0.25) is 0 Å². The number of carbonyl (C=O) groups excluding carboxylic acids is 2. The number of hydrogen-bond donors (Lipinski definition) is 1. The predicted octanol–water partition coefficient (Wildman–Crippen LogP) is 2.14. The third-order valence-corrected chi connectivity index (χ3v) is 5.18. The number of hydrogen-bond acceptors (Lipinski definition) is 6. The van der Waals surface area contributed by atoms with Gasteiger partial charge in [-0.2, -0.15) is 13.2 Å². The van der Waals surface area contributed by atoms with E-state index in [2.05, 4.69) is 15.3 Å². The molecule has 1 saturated heterocycles. The molecule has 1 aliphatic heterocycles. The van der Waals surface area contributed by atoms with Crippen LogP contribution in [0, 0.1) is 0 Å². The Morgan fingerprint density at radius 1 is 1.06 bits per heavy atom. The highest BCUT2D eigenvalue weighted by molar-refractivity contribution is 5.91. The second-order valence-corrected chi connectivity index (χ2v) is 9.20. The van der Waals surface area contributed by atoms with Gasteiger partial charge in [-0.05, 0) is 32.9 Å². The van der Waals surface area contributed by atoms with Gasteiger partial charge in [0.15, 0.2) is 0 Å². The molecule has 0 radical (unpaired) electrons. The van der Waals surface area contributed by atoms with Crippen LogP contribution in [-0.2, 0) is 15.8 Å². The third kappa shape index (κ3) is 6.53. The number of piperazine rings is 1. The molecule has 1 aliphatic rings. The minimum atomic E-state index is -4.70. The van der Waals surface area contributed by atoms with E-state index < -0.39 is 12.0 Å². The first-order valence-corrected chi connectivity index (χ1v) is 10.7. The van der Waals surface area contributed by atoms with Gasteiger partial charge in [0.1, 0.15) is 5.82 Å². The quantitative estimate of drug-likeness (QED) is 0.727. The molecule has 1 fully saturated rings. The van der Waals surface area contributed by atoms with Crippen LogP contribution in [0.15, 0.2) is 24.3 Å². The highest BCUT2D eigenvalue weighted by Gasteiger charge is 2.36. The average molecular weight is 467 g/mol. The second-order valence-electron chi connectivity index (χ2n) is 9.20. The molecule has 1 aromatic heterocycles. The maximum atomic E-state index is 13.3. The van der Waals surface area contributed by atoms with Crippen molar-refractivity contribution in [3.8, 4) is 0 Å². The summed E-state index contributed by atoms with van der Waals surface area (Å²) >= 11 is 0. The Kier molecular flexibility index (Phi) is 7.11. The molecule has 180 valence electrons. The Balaban J connectivity index is 1.64. The average Bonchev–Trinajstić information content (AvgIpc) is 2.71. The van der Waals surface area contributed by atoms with Gasteiger partial charge in [-0.25, -0.2) is 9.97 Å². The Morgan fingerprint density at radius 3 is 2.30 bits per heavy atom. The zero-order valence-corrected chi connectivity index (χ0v) is 19.2. The number of nitrogens with zero attached hydrogens (tertiary/aromatic N) is 5. The molecular weight excluding hydrogens is 437 g/mol. The van der Waals surface area contributed by atoms with E-state index in [1.54, 1.807) is 30.1 Å². The highest BCUT2D eigenvalue weighted by atomic mass is 19.4. The van der Waals surface area contributed by atoms with Gasteiger partial charge in [-0.15, -0.1) is 0 Å². The number of amides is 2. The summed E-state index contributed by atoms with van der Waals surface area (Å²) in [6, 6.07) is 6.41. The lowest BCUT2D eigenvalue weighted by Gasteiger charge is -2.35. The van der Waals surface area contributed by atoms with E-state index in [1.165, 1.54) is 11.0 Å². The molecule has 0 unspecified atom stereocenters. The maximum Gasteiger partial charge on any atom is 0.451 e. The summed E-state index contributed by atoms with van der Waals surface area (Å²) in [6.07, 6.45) is -4.70. The number of carbonyl (C=O) groups is 2. The number of anilines is 1. The van der Waals surface area contributed by atoms with Gasteiger partial charge >= 0.3 is 6.18 Å². The minimum absolute atomic E-state index is 0.0544. The molecule has 3 rings (SSSR count). The van der Waals surface area contributed by atoms with Crippen LogP contribution in [0.4, 0.5) is 19.0 Å². The lowest BCUT2D eigenvalue weighted by atomic mass is 10.1. The summed E-state index contributed by atoms with van der Waals surface area (Å²) in [5.74, 6) is -1.47. The van der Waals surface area contributed by atoms with Gasteiger partial charge in [0.05, 0.1) is 18.6 Å². The Labute approximate surface area is 190 Å². The standard InChI is InChI=1S/C22H29F3N6O2/c1-21(2,3)28-17(32)13-30-9-11-31(12-10-30)18(33)14-29(4)19-15-7-5-6-8-16(15)26-20(27-19)22(23,24)25/h5-8H,9-14H2,1-4H3,(H,28,32). The molecule has 11 heteroatoms. The van der Waals surface area contributed by atoms with Gasteiger partial charge < -0.3 is 15.1 Å². The first kappa shape index (κ1) is 24.7. The molecule has 0 spiro atoms. The van der Waals surface area contributed by atoms with Crippen molar-refractivity contribution in [2.24, 2.45) is 0 Å². The predicted molar refractivity (Wildman–Crippen MR) is 119 cm³/mol. The molecule has 0 aliphatic carbocycles. The number of likely N-dealkylation sites (N-methyl/N-ethyl adjacent to an activating group) is 1. The van der Waals surface area contributed by atoms with Gasteiger partial charge in [0, 0.05) is 44.2 Å². The van der Waals surface area contributed by atoms with Gasteiger partial charge in [-0.3, -0.25) is 14.5 Å². The number of alkyl halides is 3. The van der Waals surface area contributed by atoms with Crippen molar-refractivity contribution in [3.63, 3.8) is 0 Å². The Hall–Kier alpha value is -2.95. The lowest BCUT2D eigenvalue weighted by Crippen LogP contribution is -2.54. The zero-order chi connectivity index (χ0) is 24.4. The maximum absolute atomic E-state index is 13.3. The van der Waals surface area contributed by atoms with E-state index in [0.29, 0.717) is 31.6 Å². The normalized spacial score (nSPS) is 15.5. The van der Waals surface area contributed by atoms with Crippen LogP contribution in [0.5, 0.6) is 0 Å². The number of fused-ring (bicyclic) bond motifs is 1. The second kappa shape index (κ2) is 9.50. The van der Waals surface area contributed by atoms with E-state index in [1.807, 2.05) is 25.7 Å². The number of aromatic nitrogens is 2. The van der Waals surface area contributed by atoms with E-state index in [0.717, 1.165) is 0 Å². The van der Waals surface area contributed by atoms with E-state index >= 15 is 0 Å². The van der Waals surface area contributed by atoms with Crippen LogP contribution in [0.1, 0.15) is 26.6 Å². The fourth-order valence-electron chi connectivity index (χ4n) is 3.67. The fourth-order valence-corrected chi connectivity index (χ4v) is 3.67. The Bertz CT molecular complexity index is 1010. The summed E-state index contributed by atoms with van der Waals surface area (Å²) in [5, 5.41) is 3.35. The number of benzene rings is 1. The van der Waals surface area contributed by atoms with Crippen LogP contribution in [-0.4, -0.2) is 83.4 Å². The zero-order valence-electron chi connectivity index (χ0n) is 19.2. The van der Waals surface area contributed by atoms with Crippen LogP contribution < -0.4 is 10.2 Å². The highest BCUT2D eigenvalue weighted by Crippen LogP contribution is 2.31. The monoisotopic (exact) mass is 466 g/mol. The molecule has 0 bridgehead atoms. The van der Waals surface area contributed by atoms with Gasteiger partial charge in [0.25, 0.3) is 0 Å². The SMILES string of the molecule is CN(CC(=O)N1CCN(CC(=O)NC(C)(C)C)CC1)c1nc(C(F)(F)F)nc2ccccc12. The fraction of sp³-hybridized carbons (Fsp3) is 0.545. The largest absolute Gasteiger partial charge is 0.451 e. The number of para-hydroxylation sites is 1.